The Hall–Kier alpha value is -3.54. The van der Waals surface area contributed by atoms with Crippen molar-refractivity contribution in [2.24, 2.45) is 11.3 Å². The summed E-state index contributed by atoms with van der Waals surface area (Å²) in [5, 5.41) is 18.7. The molecule has 1 saturated heterocycles. The predicted molar refractivity (Wildman–Crippen MR) is 137 cm³/mol. The summed E-state index contributed by atoms with van der Waals surface area (Å²) in [5.41, 5.74) is 0.830. The molecule has 1 fully saturated rings. The molecular weight excluding hydrogens is 458 g/mol. The fourth-order valence-corrected chi connectivity index (χ4v) is 4.33. The molecule has 1 aliphatic heterocycles. The zero-order valence-corrected chi connectivity index (χ0v) is 21.6. The van der Waals surface area contributed by atoms with Gasteiger partial charge >= 0.3 is 0 Å². The van der Waals surface area contributed by atoms with Crippen molar-refractivity contribution in [3.63, 3.8) is 0 Å². The van der Waals surface area contributed by atoms with E-state index in [4.69, 9.17) is 4.74 Å². The van der Waals surface area contributed by atoms with Crippen LogP contribution in [-0.2, 0) is 9.59 Å². The average molecular weight is 496 g/mol. The number of nitriles is 1. The number of fused-ring (bicyclic) bond motifs is 1. The number of hydrogen-bond acceptors (Lipinski definition) is 5. The van der Waals surface area contributed by atoms with Gasteiger partial charge in [0.05, 0.1) is 12.7 Å². The molecule has 0 bridgehead atoms. The summed E-state index contributed by atoms with van der Waals surface area (Å²) in [6.07, 6.45) is 3.21. The number of carbonyl (C=O) groups excluding carboxylic acids is 3. The topological polar surface area (TPSA) is 136 Å². The van der Waals surface area contributed by atoms with Crippen LogP contribution in [0.2, 0.25) is 0 Å². The Bertz CT molecular complexity index is 1130. The molecule has 36 heavy (non-hydrogen) atoms. The standard InChI is InChI=1S/C27H37N5O4/c1-5-6-12-36-23-9-7-8-20-19(23)14-21(31-20)25(34)32-22(15-27(2,3)4)26(35)30-18(16-28)13-17-10-11-29-24(17)33/h7-9,14,17-18,22,31H,5-6,10-13,15H2,1-4H3,(H,29,33)(H,30,35)(H,32,34)/t17-,18-,22-/m0/s1. The fourth-order valence-electron chi connectivity index (χ4n) is 4.33. The normalized spacial score (nSPS) is 17.2. The van der Waals surface area contributed by atoms with Crippen molar-refractivity contribution in [1.82, 2.24) is 20.9 Å². The molecule has 0 spiro atoms. The number of aromatic amines is 1. The lowest BCUT2D eigenvalue weighted by atomic mass is 9.87. The first-order valence-corrected chi connectivity index (χ1v) is 12.6. The SMILES string of the molecule is CCCCOc1cccc2[nH]c(C(=O)N[C@@H](CC(C)(C)C)C(=O)N[C@H](C#N)C[C@@H]3CCNC3=O)cc12. The van der Waals surface area contributed by atoms with Crippen molar-refractivity contribution in [1.29, 1.82) is 5.26 Å². The van der Waals surface area contributed by atoms with E-state index in [1.165, 1.54) is 0 Å². The zero-order valence-electron chi connectivity index (χ0n) is 21.6. The second-order valence-electron chi connectivity index (χ2n) is 10.6. The monoisotopic (exact) mass is 495 g/mol. The van der Waals surface area contributed by atoms with Crippen LogP contribution >= 0.6 is 0 Å². The first-order chi connectivity index (χ1) is 17.1. The second kappa shape index (κ2) is 11.9. The zero-order chi connectivity index (χ0) is 26.3. The summed E-state index contributed by atoms with van der Waals surface area (Å²) in [5.74, 6) is -0.554. The first-order valence-electron chi connectivity index (χ1n) is 12.6. The average Bonchev–Trinajstić information content (AvgIpc) is 3.44. The highest BCUT2D eigenvalue weighted by Gasteiger charge is 2.32. The summed E-state index contributed by atoms with van der Waals surface area (Å²) >= 11 is 0. The van der Waals surface area contributed by atoms with Gasteiger partial charge in [-0.1, -0.05) is 40.2 Å². The number of unbranched alkanes of at least 4 members (excludes halogenated alkanes) is 1. The molecule has 3 rings (SSSR count). The summed E-state index contributed by atoms with van der Waals surface area (Å²) in [4.78, 5) is 41.4. The third kappa shape index (κ3) is 7.23. The van der Waals surface area contributed by atoms with Crippen molar-refractivity contribution < 1.29 is 19.1 Å². The van der Waals surface area contributed by atoms with E-state index in [9.17, 15) is 19.6 Å². The molecule has 3 atom stereocenters. The van der Waals surface area contributed by atoms with Crippen LogP contribution in [0, 0.1) is 22.7 Å². The van der Waals surface area contributed by atoms with Crippen molar-refractivity contribution in [2.45, 2.75) is 71.9 Å². The number of amides is 3. The number of carbonyl (C=O) groups is 3. The van der Waals surface area contributed by atoms with Crippen molar-refractivity contribution >= 4 is 28.6 Å². The lowest BCUT2D eigenvalue weighted by Gasteiger charge is -2.27. The van der Waals surface area contributed by atoms with E-state index in [0.29, 0.717) is 37.4 Å². The summed E-state index contributed by atoms with van der Waals surface area (Å²) in [7, 11) is 0. The van der Waals surface area contributed by atoms with E-state index in [1.54, 1.807) is 6.07 Å². The number of nitrogens with one attached hydrogen (secondary N) is 4. The third-order valence-corrected chi connectivity index (χ3v) is 6.22. The minimum Gasteiger partial charge on any atom is -0.493 e. The van der Waals surface area contributed by atoms with Crippen molar-refractivity contribution in [3.8, 4) is 11.8 Å². The number of rotatable bonds is 11. The Labute approximate surface area is 212 Å². The molecule has 3 amide bonds. The molecule has 2 aromatic rings. The molecule has 2 heterocycles. The summed E-state index contributed by atoms with van der Waals surface area (Å²) in [6.45, 7) is 9.21. The van der Waals surface area contributed by atoms with Gasteiger partial charge in [-0.05, 0) is 49.3 Å². The summed E-state index contributed by atoms with van der Waals surface area (Å²) < 4.78 is 5.88. The predicted octanol–water partition coefficient (Wildman–Crippen LogP) is 3.42. The highest BCUT2D eigenvalue weighted by molar-refractivity contribution is 6.01. The van der Waals surface area contributed by atoms with E-state index >= 15 is 0 Å². The minimum absolute atomic E-state index is 0.0964. The Kier molecular flexibility index (Phi) is 8.97. The van der Waals surface area contributed by atoms with E-state index in [1.807, 2.05) is 39.0 Å². The van der Waals surface area contributed by atoms with Crippen molar-refractivity contribution in [3.05, 3.63) is 30.0 Å². The molecular formula is C27H37N5O4. The lowest BCUT2D eigenvalue weighted by molar-refractivity contribution is -0.125. The maximum absolute atomic E-state index is 13.2. The van der Waals surface area contributed by atoms with Crippen LogP contribution in [0.5, 0.6) is 5.75 Å². The molecule has 0 saturated carbocycles. The second-order valence-corrected chi connectivity index (χ2v) is 10.6. The molecule has 1 aromatic carbocycles. The van der Waals surface area contributed by atoms with Gasteiger partial charge in [-0.2, -0.15) is 5.26 Å². The van der Waals surface area contributed by atoms with Crippen LogP contribution < -0.4 is 20.7 Å². The Balaban J connectivity index is 1.73. The highest BCUT2D eigenvalue weighted by Crippen LogP contribution is 2.27. The largest absolute Gasteiger partial charge is 0.493 e. The van der Waals surface area contributed by atoms with Gasteiger partial charge in [0.15, 0.2) is 0 Å². The van der Waals surface area contributed by atoms with Crippen LogP contribution in [-0.4, -0.2) is 47.9 Å². The maximum atomic E-state index is 13.2. The third-order valence-electron chi connectivity index (χ3n) is 6.22. The van der Waals surface area contributed by atoms with Crippen LogP contribution in [0.1, 0.15) is 70.3 Å². The van der Waals surface area contributed by atoms with E-state index in [0.717, 1.165) is 23.7 Å². The molecule has 4 N–H and O–H groups in total. The van der Waals surface area contributed by atoms with E-state index < -0.39 is 23.9 Å². The summed E-state index contributed by atoms with van der Waals surface area (Å²) in [6, 6.07) is 7.75. The first kappa shape index (κ1) is 27.1. The van der Waals surface area contributed by atoms with Gasteiger partial charge < -0.3 is 25.7 Å². The molecule has 9 heteroatoms. The van der Waals surface area contributed by atoms with Gasteiger partial charge in [0.1, 0.15) is 23.5 Å². The number of ether oxygens (including phenoxy) is 1. The van der Waals surface area contributed by atoms with Gasteiger partial charge in [-0.3, -0.25) is 14.4 Å². The molecule has 194 valence electrons. The molecule has 1 aromatic heterocycles. The number of aromatic nitrogens is 1. The molecule has 0 radical (unpaired) electrons. The van der Waals surface area contributed by atoms with Crippen LogP contribution in [0.15, 0.2) is 24.3 Å². The molecule has 1 aliphatic rings. The smallest absolute Gasteiger partial charge is 0.268 e. The molecule has 0 unspecified atom stereocenters. The Morgan fingerprint density at radius 2 is 2.06 bits per heavy atom. The van der Waals surface area contributed by atoms with Crippen LogP contribution in [0.25, 0.3) is 10.9 Å². The maximum Gasteiger partial charge on any atom is 0.268 e. The lowest BCUT2D eigenvalue weighted by Crippen LogP contribution is -2.51. The molecule has 0 aliphatic carbocycles. The van der Waals surface area contributed by atoms with Gasteiger partial charge in [0, 0.05) is 23.4 Å². The van der Waals surface area contributed by atoms with Crippen LogP contribution in [0.4, 0.5) is 0 Å². The quantitative estimate of drug-likeness (QED) is 0.354. The van der Waals surface area contributed by atoms with E-state index in [2.05, 4.69) is 33.9 Å². The molecule has 9 nitrogen and oxygen atoms in total. The number of H-pyrrole nitrogens is 1. The minimum atomic E-state index is -0.850. The number of benzene rings is 1. The van der Waals surface area contributed by atoms with E-state index in [-0.39, 0.29) is 23.7 Å². The van der Waals surface area contributed by atoms with Crippen LogP contribution in [0.3, 0.4) is 0 Å². The fraction of sp³-hybridized carbons (Fsp3) is 0.556. The Morgan fingerprint density at radius 3 is 2.69 bits per heavy atom. The number of nitrogens with zero attached hydrogens (tertiary/aromatic N) is 1. The number of hydrogen-bond donors (Lipinski definition) is 4. The van der Waals surface area contributed by atoms with Crippen molar-refractivity contribution in [2.75, 3.05) is 13.2 Å². The Morgan fingerprint density at radius 1 is 1.28 bits per heavy atom. The van der Waals surface area contributed by atoms with Gasteiger partial charge in [-0.25, -0.2) is 0 Å². The van der Waals surface area contributed by atoms with Gasteiger partial charge in [0.25, 0.3) is 5.91 Å². The van der Waals surface area contributed by atoms with Gasteiger partial charge in [-0.15, -0.1) is 0 Å². The van der Waals surface area contributed by atoms with Gasteiger partial charge in [0.2, 0.25) is 11.8 Å². The highest BCUT2D eigenvalue weighted by atomic mass is 16.5.